The zero-order valence-corrected chi connectivity index (χ0v) is 55.2. The van der Waals surface area contributed by atoms with Crippen molar-refractivity contribution >= 4 is 63.3 Å². The molecule has 2 aliphatic rings. The summed E-state index contributed by atoms with van der Waals surface area (Å²) in [6.45, 7) is 51.0. The standard InChI is InChI=1S/2C10H15.C6H18NSi2.C6H17NSi2.3CHF3O3S.2Th/c2*1-6-7(2)9(4)10(5)8(6)3;2*1-8(2,3)7-9(4,5)6;3*2-1(3,4)8(5,6)7;;/h2*1-5H3;1-6H3;1H2,2-6H3;3*(H,5,6,7);;/q;;-1;-2;;;;;+2. The summed E-state index contributed by atoms with van der Waals surface area (Å²) in [5.74, 6) is 14.7. The van der Waals surface area contributed by atoms with Gasteiger partial charge in [-0.2, -0.15) is 64.8 Å². The van der Waals surface area contributed by atoms with Crippen molar-refractivity contribution in [1.82, 2.24) is 0 Å². The fourth-order valence-electron chi connectivity index (χ4n) is 4.73. The number of rotatable bonds is 4. The van der Waals surface area contributed by atoms with E-state index in [1.54, 1.807) is 0 Å². The van der Waals surface area contributed by atoms with Gasteiger partial charge in [0.25, 0.3) is 0 Å². The predicted molar refractivity (Wildman–Crippen MR) is 242 cm³/mol. The number of hydrogen-bond donors (Lipinski definition) is 3. The van der Waals surface area contributed by atoms with Crippen LogP contribution in [-0.2, 0) is 30.4 Å². The summed E-state index contributed by atoms with van der Waals surface area (Å²) in [6.07, 6.45) is 0. The van der Waals surface area contributed by atoms with Gasteiger partial charge in [-0.15, -0.1) is 13.1 Å². The third kappa shape index (κ3) is 39.2. The molecule has 3 N–H and O–H groups in total. The van der Waals surface area contributed by atoms with E-state index >= 15 is 0 Å². The molecule has 64 heavy (non-hydrogen) atoms. The van der Waals surface area contributed by atoms with E-state index in [9.17, 15) is 39.5 Å². The quantitative estimate of drug-likeness (QED) is 0.0808. The van der Waals surface area contributed by atoms with E-state index in [1.807, 2.05) is 0 Å². The molecular weight excluding hydrogens is 1440 g/mol. The Bertz CT molecular complexity index is 1360. The largest absolute Gasteiger partial charge is 2.00 e. The van der Waals surface area contributed by atoms with Crippen LogP contribution in [0.5, 0.6) is 0 Å². The third-order valence-corrected chi connectivity index (χ3v) is 20.0. The molecule has 0 spiro atoms. The van der Waals surface area contributed by atoms with Gasteiger partial charge in [-0.25, -0.2) is 8.24 Å². The maximum Gasteiger partial charge on any atom is 2.00 e. The Labute approximate surface area is 449 Å². The second-order valence-corrected chi connectivity index (χ2v) is 40.2. The Morgan fingerprint density at radius 2 is 0.469 bits per heavy atom. The van der Waals surface area contributed by atoms with Gasteiger partial charge < -0.3 is 15.8 Å². The van der Waals surface area contributed by atoms with Gasteiger partial charge in [0.05, 0.1) is 0 Å². The van der Waals surface area contributed by atoms with Crippen LogP contribution in [0.4, 0.5) is 39.5 Å². The van der Waals surface area contributed by atoms with Gasteiger partial charge >= 0.3 is 86.8 Å². The first-order valence-electron chi connectivity index (χ1n) is 18.1. The molecule has 0 aromatic rings. The maximum absolute atomic E-state index is 10.7. The van der Waals surface area contributed by atoms with E-state index in [1.165, 1.54) is 59.2 Å². The summed E-state index contributed by atoms with van der Waals surface area (Å²) < 4.78 is 182. The smallest absolute Gasteiger partial charge is 0.689 e. The van der Waals surface area contributed by atoms with Gasteiger partial charge in [0.1, 0.15) is 0 Å². The molecule has 11 nitrogen and oxygen atoms in total. The van der Waals surface area contributed by atoms with Gasteiger partial charge in [-0.3, -0.25) is 13.7 Å². The van der Waals surface area contributed by atoms with E-state index in [2.05, 4.69) is 148 Å². The van der Waals surface area contributed by atoms with E-state index in [0.29, 0.717) is 0 Å². The van der Waals surface area contributed by atoms with Crippen molar-refractivity contribution in [3.05, 3.63) is 75.0 Å². The Hall–Kier alpha value is 2.54. The maximum atomic E-state index is 10.7. The Kier molecular flexibility index (Phi) is 38.5. The van der Waals surface area contributed by atoms with Gasteiger partial charge in [0.2, 0.25) is 0 Å². The summed E-state index contributed by atoms with van der Waals surface area (Å²) in [4.78, 5) is 0. The summed E-state index contributed by atoms with van der Waals surface area (Å²) in [6, 6.07) is 0. The molecule has 10 radical (unpaired) electrons. The molecule has 2 saturated carbocycles. The molecule has 0 aromatic heterocycles. The van der Waals surface area contributed by atoms with Crippen LogP contribution in [0.15, 0.2) is 0 Å². The van der Waals surface area contributed by atoms with Gasteiger partial charge in [0.15, 0.2) is 0 Å². The fraction of sp³-hybridized carbons (Fsp3) is 0.686. The average molecular weight is 1500 g/mol. The van der Waals surface area contributed by atoms with Gasteiger partial charge in [-0.1, -0.05) is 153 Å². The molecule has 29 heteroatoms. The van der Waals surface area contributed by atoms with Crippen LogP contribution in [0.2, 0.25) is 72.0 Å². The second-order valence-electron chi connectivity index (χ2n) is 17.6. The van der Waals surface area contributed by atoms with E-state index in [0.717, 1.165) is 0 Å². The van der Waals surface area contributed by atoms with Crippen LogP contribution >= 0.6 is 0 Å². The van der Waals surface area contributed by atoms with E-state index in [4.69, 9.17) is 48.2 Å². The SMILES string of the molecule is C[C]1[C](C)[C](C)[C](C)[C]1C.C[C]1[C](C)[C](C)[C](C)[C]1C.C[Si](C)(C)[N-][Si](C)(C)C.O=S(=O)(O)C(F)(F)F.O=S(=O)(O)C(F)(F)F.O=S(=O)(O)C(F)(F)F.[CH2-][Si](C)(C)[N-][Si](C)(C)C.[Th+2].[Th]. The van der Waals surface area contributed by atoms with Crippen molar-refractivity contribution in [2.24, 2.45) is 0 Å². The van der Waals surface area contributed by atoms with Crippen LogP contribution in [0.1, 0.15) is 69.2 Å². The molecule has 0 aromatic carbocycles. The molecule has 2 aliphatic carbocycles. The Morgan fingerprint density at radius 1 is 0.375 bits per heavy atom. The molecular formula is C35H68F9N2O9S3Si4Th2-. The molecule has 0 amide bonds. The van der Waals surface area contributed by atoms with Crippen LogP contribution in [0.3, 0.4) is 0 Å². The second kappa shape index (κ2) is 30.5. The van der Waals surface area contributed by atoms with Crippen molar-refractivity contribution in [2.45, 2.75) is 158 Å². The zero-order valence-electron chi connectivity index (χ0n) is 40.5. The van der Waals surface area contributed by atoms with Gasteiger partial charge in [0, 0.05) is 39.9 Å². The first-order chi connectivity index (χ1) is 26.3. The molecule has 0 aliphatic heterocycles. The first-order valence-corrected chi connectivity index (χ1v) is 35.9. The molecule has 2 rings (SSSR count). The van der Waals surface area contributed by atoms with E-state index < -0.39 is 79.8 Å². The molecule has 2 fully saturated rings. The normalized spacial score (nSPS) is 18.1. The van der Waals surface area contributed by atoms with Crippen molar-refractivity contribution in [1.29, 1.82) is 0 Å². The van der Waals surface area contributed by atoms with Crippen molar-refractivity contribution < 1.29 is 158 Å². The minimum Gasteiger partial charge on any atom is -0.689 e. The Balaban J connectivity index is -0.000000118. The minimum absolute atomic E-state index is 0. The van der Waals surface area contributed by atoms with Crippen molar-refractivity contribution in [3.63, 3.8) is 0 Å². The molecule has 0 saturated heterocycles. The van der Waals surface area contributed by atoms with Crippen molar-refractivity contribution in [2.75, 3.05) is 0 Å². The zero-order chi connectivity index (χ0) is 52.2. The van der Waals surface area contributed by atoms with Gasteiger partial charge in [-0.05, 0) is 59.2 Å². The number of halogens is 9. The van der Waals surface area contributed by atoms with E-state index in [-0.39, 0.29) is 79.9 Å². The third-order valence-electron chi connectivity index (χ3n) is 7.81. The van der Waals surface area contributed by atoms with Crippen molar-refractivity contribution in [3.8, 4) is 0 Å². The fourth-order valence-corrected chi connectivity index (χ4v) is 20.0. The number of nitrogens with zero attached hydrogens (tertiary/aromatic N) is 2. The van der Waals surface area contributed by atoms with Crippen LogP contribution in [0, 0.1) is 146 Å². The average Bonchev–Trinajstić information content (AvgIpc) is 3.21. The monoisotopic (exact) mass is 1500 g/mol. The topological polar surface area (TPSA) is 191 Å². The van der Waals surface area contributed by atoms with Crippen LogP contribution < -0.4 is 0 Å². The molecule has 0 bridgehead atoms. The predicted octanol–water partition coefficient (Wildman–Crippen LogP) is 12.9. The molecule has 0 atom stereocenters. The van der Waals surface area contributed by atoms with Crippen LogP contribution in [-0.4, -0.2) is 88.4 Å². The van der Waals surface area contributed by atoms with Crippen LogP contribution in [0.25, 0.3) is 9.30 Å². The Morgan fingerprint density at radius 3 is 0.484 bits per heavy atom. The number of alkyl halides is 9. The summed E-state index contributed by atoms with van der Waals surface area (Å²) in [5.41, 5.74) is -16.6. The first kappa shape index (κ1) is 80.6. The summed E-state index contributed by atoms with van der Waals surface area (Å²) in [5, 5.41) is 0. The summed E-state index contributed by atoms with van der Waals surface area (Å²) in [7, 11) is -22.3. The number of hydrogen-bond acceptors (Lipinski definition) is 6. The minimum atomic E-state index is -5.84. The summed E-state index contributed by atoms with van der Waals surface area (Å²) >= 11 is 0. The molecule has 0 unspecified atom stereocenters. The molecule has 378 valence electrons. The molecule has 0 heterocycles.